The zero-order valence-electron chi connectivity index (χ0n) is 9.79. The number of carbonyl (C=O) groups is 2. The first-order valence-corrected chi connectivity index (χ1v) is 6.30. The molecule has 0 radical (unpaired) electrons. The van der Waals surface area contributed by atoms with Crippen LogP contribution >= 0.6 is 11.3 Å². The molecule has 19 heavy (non-hydrogen) atoms. The van der Waals surface area contributed by atoms with Gasteiger partial charge in [-0.3, -0.25) is 9.89 Å². The Morgan fingerprint density at radius 1 is 1.42 bits per heavy atom. The summed E-state index contributed by atoms with van der Waals surface area (Å²) < 4.78 is 0. The SMILES string of the molecule is O=C(NCCCc1ncn[nH]1)c1cnc(C(=O)O)s1. The van der Waals surface area contributed by atoms with Gasteiger partial charge in [0, 0.05) is 13.0 Å². The minimum Gasteiger partial charge on any atom is -0.476 e. The van der Waals surface area contributed by atoms with Gasteiger partial charge in [-0.1, -0.05) is 0 Å². The summed E-state index contributed by atoms with van der Waals surface area (Å²) in [6.07, 6.45) is 4.09. The number of thiazole rings is 1. The fourth-order valence-electron chi connectivity index (χ4n) is 1.37. The van der Waals surface area contributed by atoms with Crippen LogP contribution in [0.15, 0.2) is 12.5 Å². The van der Waals surface area contributed by atoms with Crippen molar-refractivity contribution in [2.75, 3.05) is 6.54 Å². The molecule has 0 atom stereocenters. The van der Waals surface area contributed by atoms with Crippen molar-refractivity contribution in [3.8, 4) is 0 Å². The van der Waals surface area contributed by atoms with E-state index in [1.165, 1.54) is 12.5 Å². The van der Waals surface area contributed by atoms with Gasteiger partial charge in [-0.15, -0.1) is 11.3 Å². The number of hydrogen-bond donors (Lipinski definition) is 3. The molecule has 100 valence electrons. The number of aromatic carboxylic acids is 1. The van der Waals surface area contributed by atoms with E-state index < -0.39 is 5.97 Å². The highest BCUT2D eigenvalue weighted by Gasteiger charge is 2.13. The minimum absolute atomic E-state index is 0.0909. The maximum absolute atomic E-state index is 11.7. The summed E-state index contributed by atoms with van der Waals surface area (Å²) in [6.45, 7) is 0.472. The maximum Gasteiger partial charge on any atom is 0.365 e. The number of H-pyrrole nitrogens is 1. The number of carbonyl (C=O) groups excluding carboxylic acids is 1. The second-order valence-electron chi connectivity index (χ2n) is 3.63. The Kier molecular flexibility index (Phi) is 4.18. The average Bonchev–Trinajstić information content (AvgIpc) is 3.05. The topological polar surface area (TPSA) is 121 Å². The number of aromatic amines is 1. The Labute approximate surface area is 111 Å². The van der Waals surface area contributed by atoms with Gasteiger partial charge < -0.3 is 10.4 Å². The van der Waals surface area contributed by atoms with Crippen molar-refractivity contribution in [2.45, 2.75) is 12.8 Å². The number of nitrogens with zero attached hydrogens (tertiary/aromatic N) is 3. The molecule has 0 saturated heterocycles. The summed E-state index contributed by atoms with van der Waals surface area (Å²) >= 11 is 0.854. The number of rotatable bonds is 6. The predicted molar refractivity (Wildman–Crippen MR) is 66.1 cm³/mol. The Balaban J connectivity index is 1.76. The maximum atomic E-state index is 11.7. The highest BCUT2D eigenvalue weighted by atomic mass is 32.1. The van der Waals surface area contributed by atoms with E-state index in [4.69, 9.17) is 5.11 Å². The average molecular weight is 281 g/mol. The van der Waals surface area contributed by atoms with Gasteiger partial charge in [0.25, 0.3) is 5.91 Å². The number of carboxylic acids is 1. The van der Waals surface area contributed by atoms with Crippen LogP contribution < -0.4 is 5.32 Å². The van der Waals surface area contributed by atoms with Crippen molar-refractivity contribution >= 4 is 23.2 Å². The molecule has 0 aliphatic carbocycles. The Hall–Kier alpha value is -2.29. The second-order valence-corrected chi connectivity index (χ2v) is 4.66. The van der Waals surface area contributed by atoms with Crippen LogP contribution in [-0.2, 0) is 6.42 Å². The van der Waals surface area contributed by atoms with Gasteiger partial charge in [0.15, 0.2) is 0 Å². The lowest BCUT2D eigenvalue weighted by molar-refractivity contribution is 0.0696. The molecule has 0 aliphatic rings. The summed E-state index contributed by atoms with van der Waals surface area (Å²) in [4.78, 5) is 30.2. The Morgan fingerprint density at radius 2 is 2.26 bits per heavy atom. The normalized spacial score (nSPS) is 10.3. The third kappa shape index (κ3) is 3.58. The van der Waals surface area contributed by atoms with E-state index in [1.807, 2.05) is 0 Å². The first-order chi connectivity index (χ1) is 9.16. The van der Waals surface area contributed by atoms with E-state index in [-0.39, 0.29) is 15.8 Å². The molecule has 8 nitrogen and oxygen atoms in total. The van der Waals surface area contributed by atoms with Gasteiger partial charge in [-0.25, -0.2) is 14.8 Å². The number of aryl methyl sites for hydroxylation is 1. The molecule has 0 saturated carbocycles. The van der Waals surface area contributed by atoms with Crippen molar-refractivity contribution in [1.29, 1.82) is 0 Å². The van der Waals surface area contributed by atoms with Crippen molar-refractivity contribution in [1.82, 2.24) is 25.5 Å². The lowest BCUT2D eigenvalue weighted by atomic mass is 10.3. The zero-order chi connectivity index (χ0) is 13.7. The molecule has 1 amide bonds. The number of carboxylic acid groups (broad SMARTS) is 1. The monoisotopic (exact) mass is 281 g/mol. The van der Waals surface area contributed by atoms with E-state index in [0.717, 1.165) is 17.2 Å². The van der Waals surface area contributed by atoms with Crippen molar-refractivity contribution in [3.63, 3.8) is 0 Å². The summed E-state index contributed by atoms with van der Waals surface area (Å²) in [5, 5.41) is 17.7. The molecule has 0 fully saturated rings. The van der Waals surface area contributed by atoms with Gasteiger partial charge in [0.2, 0.25) is 5.01 Å². The van der Waals surface area contributed by atoms with Gasteiger partial charge in [0.05, 0.1) is 6.20 Å². The molecule has 0 aromatic carbocycles. The van der Waals surface area contributed by atoms with E-state index in [1.54, 1.807) is 0 Å². The number of nitrogens with one attached hydrogen (secondary N) is 2. The lowest BCUT2D eigenvalue weighted by Gasteiger charge is -2.01. The number of amides is 1. The third-order valence-electron chi connectivity index (χ3n) is 2.25. The van der Waals surface area contributed by atoms with Crippen molar-refractivity contribution < 1.29 is 14.7 Å². The van der Waals surface area contributed by atoms with E-state index >= 15 is 0 Å². The summed E-state index contributed by atoms with van der Waals surface area (Å²) in [7, 11) is 0. The molecule has 0 aliphatic heterocycles. The highest BCUT2D eigenvalue weighted by molar-refractivity contribution is 7.15. The van der Waals surface area contributed by atoms with Crippen LogP contribution in [0, 0.1) is 0 Å². The summed E-state index contributed by atoms with van der Waals surface area (Å²) in [5.74, 6) is -0.683. The summed E-state index contributed by atoms with van der Waals surface area (Å²) in [6, 6.07) is 0. The molecule has 2 aromatic heterocycles. The van der Waals surface area contributed by atoms with Gasteiger partial charge in [0.1, 0.15) is 17.0 Å². The van der Waals surface area contributed by atoms with Crippen molar-refractivity contribution in [2.24, 2.45) is 0 Å². The van der Waals surface area contributed by atoms with Crippen LogP contribution in [0.2, 0.25) is 0 Å². The standard InChI is InChI=1S/C10H11N5O3S/c16-8(6-4-12-9(19-6)10(17)18)11-3-1-2-7-13-5-14-15-7/h4-5H,1-3H2,(H,11,16)(H,17,18)(H,13,14,15). The van der Waals surface area contributed by atoms with Crippen LogP contribution in [0.25, 0.3) is 0 Å². The number of aromatic nitrogens is 4. The molecular formula is C10H11N5O3S. The van der Waals surface area contributed by atoms with Crippen LogP contribution in [0.4, 0.5) is 0 Å². The molecule has 3 N–H and O–H groups in total. The highest BCUT2D eigenvalue weighted by Crippen LogP contribution is 2.12. The first-order valence-electron chi connectivity index (χ1n) is 5.48. The zero-order valence-corrected chi connectivity index (χ0v) is 10.6. The van der Waals surface area contributed by atoms with Crippen LogP contribution in [0.3, 0.4) is 0 Å². The quantitative estimate of drug-likeness (QED) is 0.656. The second kappa shape index (κ2) is 6.05. The number of hydrogen-bond acceptors (Lipinski definition) is 6. The largest absolute Gasteiger partial charge is 0.476 e. The van der Waals surface area contributed by atoms with E-state index in [0.29, 0.717) is 19.4 Å². The minimum atomic E-state index is -1.13. The smallest absolute Gasteiger partial charge is 0.365 e. The molecule has 0 spiro atoms. The molecule has 2 aromatic rings. The first kappa shape index (κ1) is 13.1. The molecule has 9 heteroatoms. The predicted octanol–water partition coefficient (Wildman–Crippen LogP) is 0.322. The fraction of sp³-hybridized carbons (Fsp3) is 0.300. The molecule has 0 bridgehead atoms. The van der Waals surface area contributed by atoms with Crippen LogP contribution in [-0.4, -0.2) is 43.7 Å². The Morgan fingerprint density at radius 3 is 2.89 bits per heavy atom. The lowest BCUT2D eigenvalue weighted by Crippen LogP contribution is -2.24. The third-order valence-corrected chi connectivity index (χ3v) is 3.24. The summed E-state index contributed by atoms with van der Waals surface area (Å²) in [5.41, 5.74) is 0. The van der Waals surface area contributed by atoms with Gasteiger partial charge in [-0.2, -0.15) is 5.10 Å². The molecule has 0 unspecified atom stereocenters. The van der Waals surface area contributed by atoms with Gasteiger partial charge in [-0.05, 0) is 6.42 Å². The van der Waals surface area contributed by atoms with E-state index in [9.17, 15) is 9.59 Å². The molecular weight excluding hydrogens is 270 g/mol. The van der Waals surface area contributed by atoms with Gasteiger partial charge >= 0.3 is 5.97 Å². The van der Waals surface area contributed by atoms with E-state index in [2.05, 4.69) is 25.5 Å². The van der Waals surface area contributed by atoms with Crippen LogP contribution in [0.5, 0.6) is 0 Å². The molecule has 2 heterocycles. The molecule has 2 rings (SSSR count). The van der Waals surface area contributed by atoms with Crippen molar-refractivity contribution in [3.05, 3.63) is 28.2 Å². The Bertz CT molecular complexity index is 565. The van der Waals surface area contributed by atoms with Crippen LogP contribution in [0.1, 0.15) is 31.7 Å². The fourth-order valence-corrected chi connectivity index (χ4v) is 2.05.